The normalized spacial score (nSPS) is 12.7. The van der Waals surface area contributed by atoms with E-state index in [9.17, 15) is 14.4 Å². The molecule has 11 heteroatoms. The van der Waals surface area contributed by atoms with Crippen LogP contribution in [0.4, 0.5) is 20.1 Å². The molecule has 2 aromatic heterocycles. The first-order chi connectivity index (χ1) is 16.9. The van der Waals surface area contributed by atoms with Crippen LogP contribution in [0.5, 0.6) is 0 Å². The van der Waals surface area contributed by atoms with Crippen LogP contribution in [-0.4, -0.2) is 55.7 Å². The molecule has 3 amide bonds. The Morgan fingerprint density at radius 2 is 1.51 bits per heavy atom. The molecule has 11 nitrogen and oxygen atoms in total. The molecule has 0 fully saturated rings. The molecular formula is C26H37N5O6. The van der Waals surface area contributed by atoms with Crippen LogP contribution in [0.3, 0.4) is 0 Å². The number of amides is 3. The molecular weight excluding hydrogens is 478 g/mol. The molecule has 0 saturated heterocycles. The van der Waals surface area contributed by atoms with E-state index < -0.39 is 35.1 Å². The molecule has 202 valence electrons. The standard InChI is InChI=1S/C26H37N5O6/c1-17(29-21(32)35-24(2,3)4)12-11-13-18-16-27-20-19(14-15-28-31(18)20)30(22(33)36-25(5,6)7)23(34)37-26(8,9)10/h14-17H,12H2,1-10H3,(H,29,32)/t17-/m1/s1. The highest BCUT2D eigenvalue weighted by molar-refractivity contribution is 6.11. The summed E-state index contributed by atoms with van der Waals surface area (Å²) in [6.07, 6.45) is 0.901. The number of carbonyl (C=O) groups excluding carboxylic acids is 3. The molecule has 37 heavy (non-hydrogen) atoms. The Kier molecular flexibility index (Phi) is 8.80. The summed E-state index contributed by atoms with van der Waals surface area (Å²) in [5.41, 5.74) is -1.53. The largest absolute Gasteiger partial charge is 0.444 e. The van der Waals surface area contributed by atoms with Crippen molar-refractivity contribution in [2.24, 2.45) is 0 Å². The molecule has 0 radical (unpaired) electrons. The second-order valence-corrected chi connectivity index (χ2v) is 11.4. The van der Waals surface area contributed by atoms with Gasteiger partial charge in [-0.2, -0.15) is 10.00 Å². The minimum absolute atomic E-state index is 0.131. The third-order valence-corrected chi connectivity index (χ3v) is 4.16. The highest BCUT2D eigenvalue weighted by Gasteiger charge is 2.34. The molecule has 2 rings (SSSR count). The van der Waals surface area contributed by atoms with Crippen LogP contribution < -0.4 is 10.2 Å². The number of imide groups is 1. The predicted molar refractivity (Wildman–Crippen MR) is 138 cm³/mol. The van der Waals surface area contributed by atoms with Crippen molar-refractivity contribution in [1.82, 2.24) is 19.9 Å². The third-order valence-electron chi connectivity index (χ3n) is 4.16. The van der Waals surface area contributed by atoms with Gasteiger partial charge in [-0.25, -0.2) is 23.9 Å². The van der Waals surface area contributed by atoms with Crippen LogP contribution in [-0.2, 0) is 14.2 Å². The van der Waals surface area contributed by atoms with Crippen LogP contribution in [0.1, 0.15) is 81.4 Å². The second kappa shape index (κ2) is 11.1. The van der Waals surface area contributed by atoms with E-state index in [1.54, 1.807) is 62.3 Å². The van der Waals surface area contributed by atoms with E-state index in [1.165, 1.54) is 23.0 Å². The maximum absolute atomic E-state index is 13.0. The fraction of sp³-hybridized carbons (Fsp3) is 0.577. The molecule has 0 spiro atoms. The van der Waals surface area contributed by atoms with Crippen molar-refractivity contribution >= 4 is 29.6 Å². The van der Waals surface area contributed by atoms with Crippen LogP contribution >= 0.6 is 0 Å². The number of carbonyl (C=O) groups is 3. The summed E-state index contributed by atoms with van der Waals surface area (Å²) < 4.78 is 17.6. The van der Waals surface area contributed by atoms with E-state index in [-0.39, 0.29) is 17.4 Å². The zero-order valence-corrected chi connectivity index (χ0v) is 23.3. The molecule has 0 aliphatic carbocycles. The van der Waals surface area contributed by atoms with E-state index in [0.717, 1.165) is 4.90 Å². The Morgan fingerprint density at radius 3 is 2.03 bits per heavy atom. The van der Waals surface area contributed by atoms with Gasteiger partial charge in [0.2, 0.25) is 0 Å². The summed E-state index contributed by atoms with van der Waals surface area (Å²) in [6, 6.07) is 1.21. The number of alkyl carbamates (subject to hydrolysis) is 1. The lowest BCUT2D eigenvalue weighted by Crippen LogP contribution is -2.44. The van der Waals surface area contributed by atoms with Gasteiger partial charge in [-0.3, -0.25) is 0 Å². The van der Waals surface area contributed by atoms with Gasteiger partial charge in [0.15, 0.2) is 5.65 Å². The van der Waals surface area contributed by atoms with Gasteiger partial charge in [0.05, 0.1) is 12.4 Å². The monoisotopic (exact) mass is 515 g/mol. The van der Waals surface area contributed by atoms with Crippen molar-refractivity contribution in [2.45, 2.75) is 98.5 Å². The number of hydrogen-bond donors (Lipinski definition) is 1. The zero-order chi connectivity index (χ0) is 28.2. The summed E-state index contributed by atoms with van der Waals surface area (Å²) in [7, 11) is 0. The smallest absolute Gasteiger partial charge is 0.424 e. The van der Waals surface area contributed by atoms with Gasteiger partial charge < -0.3 is 19.5 Å². The number of nitrogens with zero attached hydrogens (tertiary/aromatic N) is 4. The van der Waals surface area contributed by atoms with Crippen molar-refractivity contribution in [3.05, 3.63) is 24.2 Å². The second-order valence-electron chi connectivity index (χ2n) is 11.4. The molecule has 1 N–H and O–H groups in total. The summed E-state index contributed by atoms with van der Waals surface area (Å²) in [6.45, 7) is 17.4. The summed E-state index contributed by atoms with van der Waals surface area (Å²) in [4.78, 5) is 43.1. The van der Waals surface area contributed by atoms with Gasteiger partial charge in [-0.1, -0.05) is 5.92 Å². The number of anilines is 1. The average Bonchev–Trinajstić information content (AvgIpc) is 3.07. The van der Waals surface area contributed by atoms with Gasteiger partial charge in [0, 0.05) is 12.5 Å². The number of ether oxygens (including phenoxy) is 3. The van der Waals surface area contributed by atoms with Crippen molar-refractivity contribution in [2.75, 3.05) is 4.90 Å². The Hall–Kier alpha value is -3.81. The number of nitrogens with one attached hydrogen (secondary N) is 1. The molecule has 0 saturated carbocycles. The van der Waals surface area contributed by atoms with Crippen LogP contribution in [0.15, 0.2) is 18.5 Å². The molecule has 2 heterocycles. The third kappa shape index (κ3) is 9.29. The number of fused-ring (bicyclic) bond motifs is 1. The Morgan fingerprint density at radius 1 is 0.973 bits per heavy atom. The van der Waals surface area contributed by atoms with E-state index in [2.05, 4.69) is 27.2 Å². The lowest BCUT2D eigenvalue weighted by Gasteiger charge is -2.28. The molecule has 0 aliphatic rings. The summed E-state index contributed by atoms with van der Waals surface area (Å²) in [5.74, 6) is 5.95. The maximum atomic E-state index is 13.0. The summed E-state index contributed by atoms with van der Waals surface area (Å²) >= 11 is 0. The van der Waals surface area contributed by atoms with E-state index >= 15 is 0 Å². The van der Waals surface area contributed by atoms with Gasteiger partial charge in [-0.05, 0) is 81.2 Å². The van der Waals surface area contributed by atoms with Crippen molar-refractivity contribution < 1.29 is 28.6 Å². The number of rotatable bonds is 3. The van der Waals surface area contributed by atoms with Gasteiger partial charge in [0.1, 0.15) is 28.2 Å². The fourth-order valence-corrected chi connectivity index (χ4v) is 2.88. The van der Waals surface area contributed by atoms with Crippen molar-refractivity contribution in [1.29, 1.82) is 0 Å². The van der Waals surface area contributed by atoms with Crippen molar-refractivity contribution in [3.8, 4) is 11.8 Å². The van der Waals surface area contributed by atoms with E-state index in [1.807, 2.05) is 6.92 Å². The summed E-state index contributed by atoms with van der Waals surface area (Å²) in [5, 5.41) is 7.00. The Bertz CT molecular complexity index is 1180. The van der Waals surface area contributed by atoms with E-state index in [4.69, 9.17) is 14.2 Å². The molecule has 0 unspecified atom stereocenters. The van der Waals surface area contributed by atoms with Crippen LogP contribution in [0.25, 0.3) is 5.65 Å². The van der Waals surface area contributed by atoms with Gasteiger partial charge >= 0.3 is 18.3 Å². The molecule has 2 aromatic rings. The maximum Gasteiger partial charge on any atom is 0.424 e. The average molecular weight is 516 g/mol. The number of imidazole rings is 1. The highest BCUT2D eigenvalue weighted by atomic mass is 16.6. The first-order valence-electron chi connectivity index (χ1n) is 11.9. The minimum atomic E-state index is -0.910. The van der Waals surface area contributed by atoms with Gasteiger partial charge in [-0.15, -0.1) is 0 Å². The lowest BCUT2D eigenvalue weighted by atomic mass is 10.2. The Balaban J connectivity index is 2.34. The van der Waals surface area contributed by atoms with Gasteiger partial charge in [0.25, 0.3) is 0 Å². The first-order valence-corrected chi connectivity index (χ1v) is 11.9. The van der Waals surface area contributed by atoms with Crippen LogP contribution in [0.2, 0.25) is 0 Å². The molecule has 0 bridgehead atoms. The number of aromatic nitrogens is 3. The molecule has 1 atom stereocenters. The molecule has 0 aliphatic heterocycles. The quantitative estimate of drug-likeness (QED) is 0.444. The minimum Gasteiger partial charge on any atom is -0.444 e. The fourth-order valence-electron chi connectivity index (χ4n) is 2.88. The van der Waals surface area contributed by atoms with E-state index in [0.29, 0.717) is 12.1 Å². The SMILES string of the molecule is C[C@H](CC#Cc1cnc2c(N(C(=O)OC(C)(C)C)C(=O)OC(C)(C)C)ccnn12)NC(=O)OC(C)(C)C. The predicted octanol–water partition coefficient (Wildman–Crippen LogP) is 5.06. The molecule has 0 aromatic carbocycles. The first kappa shape index (κ1) is 29.4. The number of hydrogen-bond acceptors (Lipinski definition) is 8. The zero-order valence-electron chi connectivity index (χ0n) is 23.3. The lowest BCUT2D eigenvalue weighted by molar-refractivity contribution is 0.0427. The Labute approximate surface area is 217 Å². The van der Waals surface area contributed by atoms with Crippen molar-refractivity contribution in [3.63, 3.8) is 0 Å². The topological polar surface area (TPSA) is 124 Å². The van der Waals surface area contributed by atoms with Crippen LogP contribution in [0, 0.1) is 11.8 Å². The highest BCUT2D eigenvalue weighted by Crippen LogP contribution is 2.25.